The molecule has 0 spiro atoms. The first-order chi connectivity index (χ1) is 20.3. The van der Waals surface area contributed by atoms with Crippen LogP contribution in [0, 0.1) is 34.9 Å². The summed E-state index contributed by atoms with van der Waals surface area (Å²) in [5.74, 6) is -17.7. The van der Waals surface area contributed by atoms with Gasteiger partial charge in [-0.25, -0.2) is 22.4 Å². The van der Waals surface area contributed by atoms with Gasteiger partial charge in [0.25, 0.3) is 0 Å². The standard InChI is InChI=1S/C27H21F6N3O7/c1-11-10-42-26-22-12(24(39)13(27(40)41)9-36(11)22)8-14(28)23(26)35-6-4-34(5-7-35)15(37)2-3-16(38)43-25-20(32)18(30)17(29)19(31)21(25)33/h8-9,11H,2-7,10H2,1H3,(H,40,41). The van der Waals surface area contributed by atoms with Gasteiger partial charge >= 0.3 is 11.9 Å². The Hall–Kier alpha value is -4.76. The first-order valence-corrected chi connectivity index (χ1v) is 12.8. The number of hydrogen-bond acceptors (Lipinski definition) is 7. The molecule has 3 aromatic rings. The molecule has 10 nitrogen and oxygen atoms in total. The molecule has 2 aliphatic heterocycles. The lowest BCUT2D eigenvalue weighted by molar-refractivity contribution is -0.139. The van der Waals surface area contributed by atoms with Gasteiger partial charge in [0.15, 0.2) is 11.6 Å². The summed E-state index contributed by atoms with van der Waals surface area (Å²) in [5.41, 5.74) is -1.12. The minimum absolute atomic E-state index is 0.0223. The number of esters is 1. The monoisotopic (exact) mass is 613 g/mol. The Morgan fingerprint density at radius 3 is 2.16 bits per heavy atom. The van der Waals surface area contributed by atoms with Crippen molar-refractivity contribution in [2.45, 2.75) is 25.8 Å². The molecule has 0 radical (unpaired) electrons. The molecule has 1 aromatic heterocycles. The zero-order chi connectivity index (χ0) is 31.3. The Kier molecular flexibility index (Phi) is 7.70. The van der Waals surface area contributed by atoms with Crippen LogP contribution in [0.5, 0.6) is 11.5 Å². The van der Waals surface area contributed by atoms with E-state index in [-0.39, 0.29) is 61.2 Å². The van der Waals surface area contributed by atoms with Crippen LogP contribution in [0.4, 0.5) is 32.0 Å². The third-order valence-corrected chi connectivity index (χ3v) is 7.25. The predicted molar refractivity (Wildman–Crippen MR) is 135 cm³/mol. The lowest BCUT2D eigenvalue weighted by atomic mass is 10.1. The first-order valence-electron chi connectivity index (χ1n) is 12.8. The molecule has 228 valence electrons. The highest BCUT2D eigenvalue weighted by molar-refractivity contribution is 5.97. The van der Waals surface area contributed by atoms with Gasteiger partial charge in [-0.1, -0.05) is 0 Å². The van der Waals surface area contributed by atoms with Crippen molar-refractivity contribution in [1.29, 1.82) is 0 Å². The Bertz CT molecular complexity index is 1720. The molecule has 16 heteroatoms. The quantitative estimate of drug-likeness (QED) is 0.148. The van der Waals surface area contributed by atoms with Crippen molar-refractivity contribution >= 4 is 34.4 Å². The number of benzene rings is 2. The summed E-state index contributed by atoms with van der Waals surface area (Å²) in [5, 5.41) is 9.27. The van der Waals surface area contributed by atoms with Gasteiger partial charge in [-0.2, -0.15) is 8.78 Å². The van der Waals surface area contributed by atoms with E-state index in [0.717, 1.165) is 6.07 Å². The van der Waals surface area contributed by atoms with E-state index in [1.54, 1.807) is 16.4 Å². The molecule has 3 heterocycles. The lowest BCUT2D eigenvalue weighted by Crippen LogP contribution is -2.49. The molecular weight excluding hydrogens is 592 g/mol. The molecule has 1 fully saturated rings. The average Bonchev–Trinajstić information content (AvgIpc) is 2.98. The van der Waals surface area contributed by atoms with Crippen LogP contribution in [0.1, 0.15) is 36.2 Å². The van der Waals surface area contributed by atoms with E-state index >= 15 is 4.39 Å². The largest absolute Gasteiger partial charge is 0.487 e. The molecule has 1 N–H and O–H groups in total. The summed E-state index contributed by atoms with van der Waals surface area (Å²) in [6, 6.07) is 0.594. The number of halogens is 6. The summed E-state index contributed by atoms with van der Waals surface area (Å²) < 4.78 is 94.4. The Balaban J connectivity index is 1.28. The fourth-order valence-corrected chi connectivity index (χ4v) is 5.04. The van der Waals surface area contributed by atoms with Crippen LogP contribution in [-0.2, 0) is 9.59 Å². The van der Waals surface area contributed by atoms with E-state index in [2.05, 4.69) is 4.74 Å². The summed E-state index contributed by atoms with van der Waals surface area (Å²) in [4.78, 5) is 51.9. The number of carbonyl (C=O) groups excluding carboxylic acids is 2. The van der Waals surface area contributed by atoms with Crippen molar-refractivity contribution in [3.63, 3.8) is 0 Å². The normalized spacial score (nSPS) is 16.3. The molecule has 0 saturated carbocycles. The van der Waals surface area contributed by atoms with Gasteiger partial charge in [0.05, 0.1) is 23.4 Å². The van der Waals surface area contributed by atoms with Gasteiger partial charge in [0, 0.05) is 38.8 Å². The maximum atomic E-state index is 15.4. The predicted octanol–water partition coefficient (Wildman–Crippen LogP) is 3.52. The molecule has 43 heavy (non-hydrogen) atoms. The molecule has 2 aliphatic rings. The zero-order valence-electron chi connectivity index (χ0n) is 22.2. The highest BCUT2D eigenvalue weighted by Crippen LogP contribution is 2.42. The van der Waals surface area contributed by atoms with Crippen LogP contribution in [0.2, 0.25) is 0 Å². The van der Waals surface area contributed by atoms with E-state index in [0.29, 0.717) is 0 Å². The Morgan fingerprint density at radius 2 is 1.56 bits per heavy atom. The highest BCUT2D eigenvalue weighted by Gasteiger charge is 2.33. The summed E-state index contributed by atoms with van der Waals surface area (Å²) in [7, 11) is 0. The van der Waals surface area contributed by atoms with E-state index in [4.69, 9.17) is 4.74 Å². The molecule has 0 bridgehead atoms. The Labute approximate surface area is 237 Å². The fraction of sp³-hybridized carbons (Fsp3) is 0.333. The van der Waals surface area contributed by atoms with Gasteiger partial charge < -0.3 is 28.9 Å². The number of anilines is 1. The van der Waals surface area contributed by atoms with Crippen LogP contribution in [0.3, 0.4) is 0 Å². The van der Waals surface area contributed by atoms with Crippen molar-refractivity contribution in [1.82, 2.24) is 9.47 Å². The minimum atomic E-state index is -2.42. The second-order valence-corrected chi connectivity index (χ2v) is 9.92. The summed E-state index contributed by atoms with van der Waals surface area (Å²) in [6.07, 6.45) is -0.0499. The van der Waals surface area contributed by atoms with Crippen molar-refractivity contribution < 1.29 is 55.3 Å². The maximum Gasteiger partial charge on any atom is 0.341 e. The van der Waals surface area contributed by atoms with E-state index in [9.17, 15) is 46.2 Å². The summed E-state index contributed by atoms with van der Waals surface area (Å²) >= 11 is 0. The Morgan fingerprint density at radius 1 is 0.953 bits per heavy atom. The molecule has 1 amide bonds. The number of amides is 1. The molecule has 5 rings (SSSR count). The number of ether oxygens (including phenoxy) is 2. The number of nitrogens with zero attached hydrogens (tertiary/aromatic N) is 3. The van der Waals surface area contributed by atoms with Crippen molar-refractivity contribution in [3.8, 4) is 11.5 Å². The molecule has 2 aromatic carbocycles. The van der Waals surface area contributed by atoms with Gasteiger partial charge in [-0.05, 0) is 13.0 Å². The zero-order valence-corrected chi connectivity index (χ0v) is 22.2. The number of piperazine rings is 1. The van der Waals surface area contributed by atoms with E-state index < -0.39 is 82.3 Å². The van der Waals surface area contributed by atoms with Crippen molar-refractivity contribution in [3.05, 3.63) is 63.0 Å². The number of carboxylic acids is 1. The highest BCUT2D eigenvalue weighted by atomic mass is 19.2. The second kappa shape index (κ2) is 11.1. The first kappa shape index (κ1) is 29.7. The van der Waals surface area contributed by atoms with Gasteiger partial charge in [-0.15, -0.1) is 0 Å². The number of aromatic nitrogens is 1. The van der Waals surface area contributed by atoms with Crippen molar-refractivity contribution in [2.24, 2.45) is 0 Å². The molecule has 1 atom stereocenters. The number of carboxylic acid groups (broad SMARTS) is 1. The second-order valence-electron chi connectivity index (χ2n) is 9.92. The lowest BCUT2D eigenvalue weighted by Gasteiger charge is -2.38. The molecular formula is C27H21F6N3O7. The van der Waals surface area contributed by atoms with Crippen LogP contribution in [-0.4, -0.2) is 65.2 Å². The number of rotatable bonds is 6. The van der Waals surface area contributed by atoms with Gasteiger partial charge in [0.1, 0.15) is 17.9 Å². The topological polar surface area (TPSA) is 118 Å². The molecule has 1 saturated heterocycles. The SMILES string of the molecule is CC1COc2c(N3CCN(C(=O)CCC(=O)Oc4c(F)c(F)c(F)c(F)c4F)CC3)c(F)cc3c(=O)c(C(=O)O)cn1c23. The number of pyridine rings is 1. The van der Waals surface area contributed by atoms with Crippen LogP contribution in [0.25, 0.3) is 10.9 Å². The average molecular weight is 613 g/mol. The van der Waals surface area contributed by atoms with Crippen LogP contribution < -0.4 is 19.8 Å². The number of carbonyl (C=O) groups is 3. The van der Waals surface area contributed by atoms with E-state index in [1.807, 2.05) is 0 Å². The smallest absolute Gasteiger partial charge is 0.341 e. The fourth-order valence-electron chi connectivity index (χ4n) is 5.04. The van der Waals surface area contributed by atoms with E-state index in [1.165, 1.54) is 11.1 Å². The van der Waals surface area contributed by atoms with Gasteiger partial charge in [-0.3, -0.25) is 14.4 Å². The van der Waals surface area contributed by atoms with Crippen LogP contribution >= 0.6 is 0 Å². The third-order valence-electron chi connectivity index (χ3n) is 7.25. The summed E-state index contributed by atoms with van der Waals surface area (Å²) in [6.45, 7) is 2.08. The third kappa shape index (κ3) is 5.10. The number of hydrogen-bond donors (Lipinski definition) is 1. The van der Waals surface area contributed by atoms with Crippen LogP contribution in [0.15, 0.2) is 17.1 Å². The van der Waals surface area contributed by atoms with Gasteiger partial charge in [0.2, 0.25) is 46.2 Å². The number of aromatic carboxylic acids is 1. The molecule has 0 aliphatic carbocycles. The van der Waals surface area contributed by atoms with Crippen molar-refractivity contribution in [2.75, 3.05) is 37.7 Å². The minimum Gasteiger partial charge on any atom is -0.487 e. The maximum absolute atomic E-state index is 15.4. The molecule has 1 unspecified atom stereocenters.